The molecule has 6 heteroatoms. The molecule has 19 heavy (non-hydrogen) atoms. The fourth-order valence-electron chi connectivity index (χ4n) is 2.39. The van der Waals surface area contributed by atoms with Crippen LogP contribution in [0, 0.1) is 5.82 Å². The summed E-state index contributed by atoms with van der Waals surface area (Å²) in [5.74, 6) is -0.439. The van der Waals surface area contributed by atoms with E-state index in [1.54, 1.807) is 4.57 Å². The predicted octanol–water partition coefficient (Wildman–Crippen LogP) is 2.15. The smallest absolute Gasteiger partial charge is 0.290 e. The molecule has 3 rings (SSSR count). The van der Waals surface area contributed by atoms with E-state index in [0.717, 1.165) is 12.8 Å². The second kappa shape index (κ2) is 4.81. The van der Waals surface area contributed by atoms with E-state index >= 15 is 0 Å². The number of halogens is 2. The molecule has 1 aromatic carbocycles. The molecular formula is C13H14ClFN2O2. The topological polar surface area (TPSA) is 54.9 Å². The van der Waals surface area contributed by atoms with E-state index in [1.807, 2.05) is 6.92 Å². The number of aromatic nitrogens is 2. The summed E-state index contributed by atoms with van der Waals surface area (Å²) in [6, 6.07) is 2.75. The third kappa shape index (κ3) is 2.18. The monoisotopic (exact) mass is 284 g/mol. The molecule has 1 N–H and O–H groups in total. The minimum Gasteiger partial charge on any atom is -0.290 e. The molecule has 0 spiro atoms. The van der Waals surface area contributed by atoms with Gasteiger partial charge in [-0.25, -0.2) is 9.18 Å². The fourth-order valence-corrected chi connectivity index (χ4v) is 2.39. The molecule has 1 aliphatic carbocycles. The van der Waals surface area contributed by atoms with Crippen LogP contribution >= 0.6 is 12.4 Å². The molecule has 2 aromatic rings. The van der Waals surface area contributed by atoms with Crippen LogP contribution in [0.5, 0.6) is 0 Å². The van der Waals surface area contributed by atoms with E-state index in [4.69, 9.17) is 0 Å². The third-order valence-electron chi connectivity index (χ3n) is 3.37. The van der Waals surface area contributed by atoms with Gasteiger partial charge in [0.1, 0.15) is 5.82 Å². The number of aryl methyl sites for hydroxylation is 1. The summed E-state index contributed by atoms with van der Waals surface area (Å²) in [5.41, 5.74) is 0.396. The first-order chi connectivity index (χ1) is 8.61. The van der Waals surface area contributed by atoms with Crippen LogP contribution in [0.1, 0.15) is 31.4 Å². The van der Waals surface area contributed by atoms with E-state index in [1.165, 1.54) is 12.1 Å². The summed E-state index contributed by atoms with van der Waals surface area (Å²) in [4.78, 5) is 25.9. The number of aromatic amines is 1. The number of hydrogen-bond donors (Lipinski definition) is 1. The Kier molecular flexibility index (Phi) is 3.49. The highest BCUT2D eigenvalue weighted by molar-refractivity contribution is 5.85. The van der Waals surface area contributed by atoms with E-state index in [2.05, 4.69) is 4.98 Å². The predicted molar refractivity (Wildman–Crippen MR) is 73.7 cm³/mol. The third-order valence-corrected chi connectivity index (χ3v) is 3.37. The molecule has 0 aliphatic heterocycles. The Morgan fingerprint density at radius 3 is 2.63 bits per heavy atom. The standard InChI is InChI=1S/C13H13FN2O2.ClH/c1-2-7-5-8(14)6-10-11(7)16(9-3-4-9)13(18)15-12(10)17;/h5-6,9H,2-4H2,1H3,(H,15,17,18);1H. The molecular weight excluding hydrogens is 271 g/mol. The first-order valence-corrected chi connectivity index (χ1v) is 6.08. The second-order valence-electron chi connectivity index (χ2n) is 4.68. The maximum Gasteiger partial charge on any atom is 0.329 e. The maximum atomic E-state index is 13.5. The van der Waals surface area contributed by atoms with Gasteiger partial charge in [0, 0.05) is 6.04 Å². The zero-order valence-corrected chi connectivity index (χ0v) is 11.2. The molecule has 0 bridgehead atoms. The fraction of sp³-hybridized carbons (Fsp3) is 0.385. The van der Waals surface area contributed by atoms with Gasteiger partial charge in [-0.3, -0.25) is 14.3 Å². The van der Waals surface area contributed by atoms with Crippen molar-refractivity contribution in [3.63, 3.8) is 0 Å². The molecule has 1 aliphatic rings. The normalized spacial score (nSPS) is 14.4. The van der Waals surface area contributed by atoms with Crippen molar-refractivity contribution in [3.05, 3.63) is 44.4 Å². The lowest BCUT2D eigenvalue weighted by Crippen LogP contribution is -2.30. The van der Waals surface area contributed by atoms with Gasteiger partial charge in [-0.05, 0) is 37.0 Å². The van der Waals surface area contributed by atoms with Crippen molar-refractivity contribution >= 4 is 23.3 Å². The van der Waals surface area contributed by atoms with Crippen molar-refractivity contribution in [3.8, 4) is 0 Å². The molecule has 0 atom stereocenters. The van der Waals surface area contributed by atoms with Gasteiger partial charge in [-0.1, -0.05) is 6.92 Å². The van der Waals surface area contributed by atoms with Crippen LogP contribution in [-0.2, 0) is 6.42 Å². The summed E-state index contributed by atoms with van der Waals surface area (Å²) in [6.07, 6.45) is 2.45. The largest absolute Gasteiger partial charge is 0.329 e. The van der Waals surface area contributed by atoms with E-state index < -0.39 is 17.1 Å². The average Bonchev–Trinajstić information content (AvgIpc) is 3.13. The van der Waals surface area contributed by atoms with Gasteiger partial charge in [0.25, 0.3) is 5.56 Å². The minimum absolute atomic E-state index is 0. The number of rotatable bonds is 2. The quantitative estimate of drug-likeness (QED) is 0.919. The minimum atomic E-state index is -0.513. The SMILES string of the molecule is CCc1cc(F)cc2c(=O)[nH]c(=O)n(C3CC3)c12.Cl. The molecule has 1 fully saturated rings. The van der Waals surface area contributed by atoms with Crippen LogP contribution < -0.4 is 11.2 Å². The van der Waals surface area contributed by atoms with Crippen molar-refractivity contribution in [1.82, 2.24) is 9.55 Å². The maximum absolute atomic E-state index is 13.5. The van der Waals surface area contributed by atoms with Crippen molar-refractivity contribution in [2.24, 2.45) is 0 Å². The lowest BCUT2D eigenvalue weighted by atomic mass is 10.1. The summed E-state index contributed by atoms with van der Waals surface area (Å²) in [5, 5.41) is 0.262. The Morgan fingerprint density at radius 2 is 2.05 bits per heavy atom. The van der Waals surface area contributed by atoms with E-state index in [0.29, 0.717) is 17.5 Å². The molecule has 0 unspecified atom stereocenters. The Bertz CT molecular complexity index is 747. The Balaban J connectivity index is 0.00000133. The number of hydrogen-bond acceptors (Lipinski definition) is 2. The van der Waals surface area contributed by atoms with Crippen molar-refractivity contribution in [1.29, 1.82) is 0 Å². The lowest BCUT2D eigenvalue weighted by Gasteiger charge is -2.11. The zero-order chi connectivity index (χ0) is 12.9. The van der Waals surface area contributed by atoms with Gasteiger partial charge in [-0.2, -0.15) is 0 Å². The van der Waals surface area contributed by atoms with Gasteiger partial charge in [0.2, 0.25) is 0 Å². The van der Waals surface area contributed by atoms with Crippen LogP contribution in [0.4, 0.5) is 4.39 Å². The number of nitrogens with zero attached hydrogens (tertiary/aromatic N) is 1. The Labute approximate surface area is 114 Å². The molecule has 1 heterocycles. The van der Waals surface area contributed by atoms with Crippen LogP contribution in [0.2, 0.25) is 0 Å². The van der Waals surface area contributed by atoms with Crippen LogP contribution in [0.25, 0.3) is 10.9 Å². The highest BCUT2D eigenvalue weighted by atomic mass is 35.5. The summed E-state index contributed by atoms with van der Waals surface area (Å²) in [7, 11) is 0. The van der Waals surface area contributed by atoms with Crippen LogP contribution in [0.3, 0.4) is 0 Å². The number of fused-ring (bicyclic) bond motifs is 1. The molecule has 0 amide bonds. The van der Waals surface area contributed by atoms with Crippen molar-refractivity contribution in [2.45, 2.75) is 32.2 Å². The molecule has 1 saturated carbocycles. The first-order valence-electron chi connectivity index (χ1n) is 6.08. The van der Waals surface area contributed by atoms with Gasteiger partial charge in [0.05, 0.1) is 10.9 Å². The number of nitrogens with one attached hydrogen (secondary N) is 1. The average molecular weight is 285 g/mol. The summed E-state index contributed by atoms with van der Waals surface area (Å²) in [6.45, 7) is 1.89. The summed E-state index contributed by atoms with van der Waals surface area (Å²) < 4.78 is 15.1. The number of H-pyrrole nitrogens is 1. The zero-order valence-electron chi connectivity index (χ0n) is 10.4. The Hall–Kier alpha value is -1.62. The van der Waals surface area contributed by atoms with Crippen molar-refractivity contribution < 1.29 is 4.39 Å². The van der Waals surface area contributed by atoms with Crippen LogP contribution in [-0.4, -0.2) is 9.55 Å². The lowest BCUT2D eigenvalue weighted by molar-refractivity contribution is 0.625. The van der Waals surface area contributed by atoms with E-state index in [9.17, 15) is 14.0 Å². The van der Waals surface area contributed by atoms with Gasteiger partial charge >= 0.3 is 5.69 Å². The molecule has 1 aromatic heterocycles. The van der Waals surface area contributed by atoms with E-state index in [-0.39, 0.29) is 23.8 Å². The second-order valence-corrected chi connectivity index (χ2v) is 4.68. The van der Waals surface area contributed by atoms with Gasteiger partial charge in [-0.15, -0.1) is 12.4 Å². The molecule has 102 valence electrons. The highest BCUT2D eigenvalue weighted by Crippen LogP contribution is 2.36. The summed E-state index contributed by atoms with van der Waals surface area (Å²) >= 11 is 0. The van der Waals surface area contributed by atoms with Gasteiger partial charge < -0.3 is 0 Å². The molecule has 4 nitrogen and oxygen atoms in total. The van der Waals surface area contributed by atoms with Gasteiger partial charge in [0.15, 0.2) is 0 Å². The van der Waals surface area contributed by atoms with Crippen molar-refractivity contribution in [2.75, 3.05) is 0 Å². The Morgan fingerprint density at radius 1 is 1.37 bits per heavy atom. The van der Waals surface area contributed by atoms with Crippen LogP contribution in [0.15, 0.2) is 21.7 Å². The highest BCUT2D eigenvalue weighted by Gasteiger charge is 2.27. The first kappa shape index (κ1) is 13.8. The number of benzene rings is 1. The molecule has 0 radical (unpaired) electrons. The molecule has 0 saturated heterocycles.